The molecule has 0 N–H and O–H groups in total. The first-order valence-corrected chi connectivity index (χ1v) is 5.80. The van der Waals surface area contributed by atoms with Gasteiger partial charge in [-0.1, -0.05) is 17.8 Å². The van der Waals surface area contributed by atoms with Crippen LogP contribution in [-0.2, 0) is 7.05 Å². The van der Waals surface area contributed by atoms with Crippen molar-refractivity contribution in [2.75, 3.05) is 0 Å². The van der Waals surface area contributed by atoms with Crippen LogP contribution in [0.5, 0.6) is 0 Å². The van der Waals surface area contributed by atoms with E-state index in [2.05, 4.69) is 15.5 Å². The van der Waals surface area contributed by atoms with Gasteiger partial charge in [0.2, 0.25) is 5.16 Å². The highest BCUT2D eigenvalue weighted by atomic mass is 32.2. The largest absolute Gasteiger partial charge is 0.224 e. The molecule has 0 saturated heterocycles. The molecule has 0 aliphatic heterocycles. The zero-order valence-electron chi connectivity index (χ0n) is 9.26. The fraction of sp³-hybridized carbons (Fsp3) is 0.300. The first kappa shape index (κ1) is 12.0. The lowest BCUT2D eigenvalue weighted by molar-refractivity contribution is 0.556. The van der Waals surface area contributed by atoms with Gasteiger partial charge in [0.15, 0.2) is 0 Å². The van der Waals surface area contributed by atoms with Crippen LogP contribution < -0.4 is 0 Å². The van der Waals surface area contributed by atoms with Crippen molar-refractivity contribution in [3.8, 4) is 0 Å². The summed E-state index contributed by atoms with van der Waals surface area (Å²) in [6.07, 6.45) is 0. The molecule has 1 aromatic carbocycles. The number of aromatic nitrogens is 4. The van der Waals surface area contributed by atoms with Crippen LogP contribution in [-0.4, -0.2) is 20.2 Å². The van der Waals surface area contributed by atoms with E-state index in [0.29, 0.717) is 5.16 Å². The van der Waals surface area contributed by atoms with E-state index in [1.54, 1.807) is 14.0 Å². The summed E-state index contributed by atoms with van der Waals surface area (Å²) in [5.74, 6) is -1.11. The van der Waals surface area contributed by atoms with Gasteiger partial charge in [-0.2, -0.15) is 0 Å². The fourth-order valence-electron chi connectivity index (χ4n) is 1.44. The topological polar surface area (TPSA) is 43.6 Å². The quantitative estimate of drug-likeness (QED) is 0.791. The zero-order valence-corrected chi connectivity index (χ0v) is 10.1. The summed E-state index contributed by atoms with van der Waals surface area (Å²) in [6.45, 7) is 1.71. The smallest absolute Gasteiger partial charge is 0.209 e. The van der Waals surface area contributed by atoms with E-state index in [0.717, 1.165) is 0 Å². The summed E-state index contributed by atoms with van der Waals surface area (Å²) in [7, 11) is 1.67. The van der Waals surface area contributed by atoms with Crippen molar-refractivity contribution in [2.24, 2.45) is 7.05 Å². The molecule has 0 spiro atoms. The number of halogens is 2. The van der Waals surface area contributed by atoms with Crippen molar-refractivity contribution >= 4 is 11.8 Å². The minimum atomic E-state index is -0.555. The van der Waals surface area contributed by atoms with Crippen LogP contribution in [0.2, 0.25) is 0 Å². The summed E-state index contributed by atoms with van der Waals surface area (Å²) >= 11 is 1.21. The van der Waals surface area contributed by atoms with E-state index in [-0.39, 0.29) is 5.56 Å². The van der Waals surface area contributed by atoms with Gasteiger partial charge in [-0.15, -0.1) is 5.10 Å². The van der Waals surface area contributed by atoms with E-state index in [1.165, 1.54) is 34.6 Å². The van der Waals surface area contributed by atoms with Crippen LogP contribution in [0.15, 0.2) is 23.4 Å². The number of hydrogen-bond donors (Lipinski definition) is 0. The molecule has 0 fully saturated rings. The SMILES string of the molecule is CC(Sc1nnnn1C)c1c(F)cccc1F. The minimum absolute atomic E-state index is 0.0421. The van der Waals surface area contributed by atoms with Crippen LogP contribution >= 0.6 is 11.8 Å². The monoisotopic (exact) mass is 256 g/mol. The van der Waals surface area contributed by atoms with E-state index in [4.69, 9.17) is 0 Å². The molecular formula is C10H10F2N4S. The first-order chi connectivity index (χ1) is 8.09. The number of hydrogen-bond acceptors (Lipinski definition) is 4. The van der Waals surface area contributed by atoms with Gasteiger partial charge in [0.05, 0.1) is 0 Å². The summed E-state index contributed by atoms with van der Waals surface area (Å²) in [5.41, 5.74) is 0.0421. The molecule has 0 aliphatic carbocycles. The molecule has 1 heterocycles. The predicted molar refractivity (Wildman–Crippen MR) is 59.4 cm³/mol. The Hall–Kier alpha value is -1.50. The van der Waals surface area contributed by atoms with E-state index >= 15 is 0 Å². The van der Waals surface area contributed by atoms with Crippen molar-refractivity contribution in [3.63, 3.8) is 0 Å². The molecule has 0 bridgehead atoms. The minimum Gasteiger partial charge on any atom is -0.224 e. The highest BCUT2D eigenvalue weighted by Crippen LogP contribution is 2.35. The van der Waals surface area contributed by atoms with Crippen molar-refractivity contribution in [1.29, 1.82) is 0 Å². The molecule has 17 heavy (non-hydrogen) atoms. The molecular weight excluding hydrogens is 246 g/mol. The highest BCUT2D eigenvalue weighted by Gasteiger charge is 2.19. The summed E-state index contributed by atoms with van der Waals surface area (Å²) in [4.78, 5) is 0. The lowest BCUT2D eigenvalue weighted by Crippen LogP contribution is -2.00. The Morgan fingerprint density at radius 2 is 1.94 bits per heavy atom. The molecule has 7 heteroatoms. The second-order valence-electron chi connectivity index (χ2n) is 3.48. The molecule has 1 unspecified atom stereocenters. The van der Waals surface area contributed by atoms with Gasteiger partial charge in [0.25, 0.3) is 0 Å². The number of benzene rings is 1. The van der Waals surface area contributed by atoms with Gasteiger partial charge >= 0.3 is 0 Å². The van der Waals surface area contributed by atoms with Crippen LogP contribution in [0.4, 0.5) is 8.78 Å². The Bertz CT molecular complexity index is 509. The third-order valence-electron chi connectivity index (χ3n) is 2.27. The van der Waals surface area contributed by atoms with Gasteiger partial charge in [-0.05, 0) is 29.5 Å². The molecule has 1 aromatic heterocycles. The number of rotatable bonds is 3. The Labute approximate surface area is 101 Å². The summed E-state index contributed by atoms with van der Waals surface area (Å²) in [5, 5.41) is 11.0. The maximum atomic E-state index is 13.5. The van der Waals surface area contributed by atoms with Crippen LogP contribution in [0.1, 0.15) is 17.7 Å². The van der Waals surface area contributed by atoms with Gasteiger partial charge in [0, 0.05) is 17.9 Å². The van der Waals surface area contributed by atoms with Crippen molar-refractivity contribution in [3.05, 3.63) is 35.4 Å². The number of aryl methyl sites for hydroxylation is 1. The highest BCUT2D eigenvalue weighted by molar-refractivity contribution is 7.99. The van der Waals surface area contributed by atoms with Crippen molar-refractivity contribution < 1.29 is 8.78 Å². The Morgan fingerprint density at radius 3 is 2.47 bits per heavy atom. The standard InChI is InChI=1S/C10H10F2N4S/c1-6(17-10-13-14-15-16(10)2)9-7(11)4-3-5-8(9)12/h3-6H,1-2H3. The molecule has 2 rings (SSSR count). The second-order valence-corrected chi connectivity index (χ2v) is 4.79. The Balaban J connectivity index is 2.26. The van der Waals surface area contributed by atoms with E-state index in [9.17, 15) is 8.78 Å². The molecule has 2 aromatic rings. The van der Waals surface area contributed by atoms with Gasteiger partial charge in [0.1, 0.15) is 11.6 Å². The van der Waals surface area contributed by atoms with Crippen LogP contribution in [0.25, 0.3) is 0 Å². The lowest BCUT2D eigenvalue weighted by Gasteiger charge is -2.11. The first-order valence-electron chi connectivity index (χ1n) is 4.92. The lowest BCUT2D eigenvalue weighted by atomic mass is 10.1. The third kappa shape index (κ3) is 2.44. The van der Waals surface area contributed by atoms with Crippen LogP contribution in [0.3, 0.4) is 0 Å². The van der Waals surface area contributed by atoms with Gasteiger partial charge in [-0.25, -0.2) is 13.5 Å². The molecule has 1 atom stereocenters. The molecule has 0 radical (unpaired) electrons. The zero-order chi connectivity index (χ0) is 12.4. The maximum Gasteiger partial charge on any atom is 0.209 e. The third-order valence-corrected chi connectivity index (χ3v) is 3.42. The molecule has 4 nitrogen and oxygen atoms in total. The van der Waals surface area contributed by atoms with E-state index < -0.39 is 16.9 Å². The number of nitrogens with zero attached hydrogens (tertiary/aromatic N) is 4. The molecule has 0 aliphatic rings. The molecule has 0 amide bonds. The molecule has 0 saturated carbocycles. The Morgan fingerprint density at radius 1 is 1.29 bits per heavy atom. The average Bonchev–Trinajstić information content (AvgIpc) is 2.64. The summed E-state index contributed by atoms with van der Waals surface area (Å²) < 4.78 is 28.5. The fourth-order valence-corrected chi connectivity index (χ4v) is 2.37. The van der Waals surface area contributed by atoms with Crippen molar-refractivity contribution in [1.82, 2.24) is 20.2 Å². The number of tetrazole rings is 1. The van der Waals surface area contributed by atoms with Crippen molar-refractivity contribution in [2.45, 2.75) is 17.3 Å². The second kappa shape index (κ2) is 4.79. The van der Waals surface area contributed by atoms with Gasteiger partial charge in [-0.3, -0.25) is 0 Å². The number of thioether (sulfide) groups is 1. The molecule has 90 valence electrons. The Kier molecular flexibility index (Phi) is 3.37. The van der Waals surface area contributed by atoms with Gasteiger partial charge < -0.3 is 0 Å². The summed E-state index contributed by atoms with van der Waals surface area (Å²) in [6, 6.07) is 3.82. The normalized spacial score (nSPS) is 12.7. The van der Waals surface area contributed by atoms with E-state index in [1.807, 2.05) is 0 Å². The predicted octanol–water partition coefficient (Wildman–Crippen LogP) is 2.34. The average molecular weight is 256 g/mol. The maximum absolute atomic E-state index is 13.5. The van der Waals surface area contributed by atoms with Crippen LogP contribution in [0, 0.1) is 11.6 Å².